The first kappa shape index (κ1) is 16.0. The largest absolute Gasteiger partial charge is 0.322 e. The van der Waals surface area contributed by atoms with Crippen LogP contribution in [0.3, 0.4) is 0 Å². The predicted octanol–water partition coefficient (Wildman–Crippen LogP) is 2.51. The van der Waals surface area contributed by atoms with E-state index < -0.39 is 11.0 Å². The van der Waals surface area contributed by atoms with Crippen molar-refractivity contribution in [1.29, 1.82) is 0 Å². The van der Waals surface area contributed by atoms with Crippen LogP contribution in [0.5, 0.6) is 0 Å². The van der Waals surface area contributed by atoms with Crippen LogP contribution in [-0.2, 0) is 11.0 Å². The minimum atomic E-state index is -1.52. The molecular weight excluding hydrogens is 356 g/mol. The zero-order chi connectivity index (χ0) is 17.4. The summed E-state index contributed by atoms with van der Waals surface area (Å²) in [5.41, 5.74) is 1.66. The molecule has 126 valence electrons. The topological polar surface area (TPSA) is 110 Å². The SMILES string of the molecule is C#Cc1cnc(-c2ccc(S(N)=O)s2)nc1Nc1cc(C2CC2)[nH]n1. The van der Waals surface area contributed by atoms with Crippen molar-refractivity contribution in [1.82, 2.24) is 20.2 Å². The Morgan fingerprint density at radius 3 is 2.96 bits per heavy atom. The molecule has 4 N–H and O–H groups in total. The predicted molar refractivity (Wildman–Crippen MR) is 97.7 cm³/mol. The van der Waals surface area contributed by atoms with E-state index in [1.54, 1.807) is 18.3 Å². The Morgan fingerprint density at radius 2 is 2.28 bits per heavy atom. The van der Waals surface area contributed by atoms with Crippen molar-refractivity contribution >= 4 is 34.0 Å². The van der Waals surface area contributed by atoms with Crippen molar-refractivity contribution in [2.45, 2.75) is 23.0 Å². The zero-order valence-corrected chi connectivity index (χ0v) is 14.7. The third-order valence-corrected chi connectivity index (χ3v) is 5.96. The van der Waals surface area contributed by atoms with E-state index in [1.807, 2.05) is 6.07 Å². The van der Waals surface area contributed by atoms with Crippen LogP contribution < -0.4 is 10.5 Å². The van der Waals surface area contributed by atoms with Gasteiger partial charge in [-0.2, -0.15) is 5.10 Å². The van der Waals surface area contributed by atoms with E-state index in [1.165, 1.54) is 24.2 Å². The number of nitrogens with one attached hydrogen (secondary N) is 2. The van der Waals surface area contributed by atoms with Gasteiger partial charge in [-0.05, 0) is 25.0 Å². The van der Waals surface area contributed by atoms with Crippen molar-refractivity contribution < 1.29 is 4.21 Å². The minimum absolute atomic E-state index is 0.487. The highest BCUT2D eigenvalue weighted by Gasteiger charge is 2.25. The Kier molecular flexibility index (Phi) is 4.09. The lowest BCUT2D eigenvalue weighted by Gasteiger charge is -2.06. The average molecular weight is 370 g/mol. The fourth-order valence-corrected chi connectivity index (χ4v) is 3.85. The summed E-state index contributed by atoms with van der Waals surface area (Å²) in [5, 5.41) is 15.8. The van der Waals surface area contributed by atoms with Crippen LogP contribution in [0.1, 0.15) is 30.0 Å². The molecular formula is C16H14N6OS2. The number of nitrogens with two attached hydrogens (primary N) is 1. The quantitative estimate of drug-likeness (QED) is 0.598. The van der Waals surface area contributed by atoms with E-state index in [4.69, 9.17) is 11.6 Å². The lowest BCUT2D eigenvalue weighted by atomic mass is 10.3. The van der Waals surface area contributed by atoms with Crippen LogP contribution in [0.2, 0.25) is 0 Å². The first-order chi connectivity index (χ1) is 12.1. The van der Waals surface area contributed by atoms with Crippen LogP contribution in [0.25, 0.3) is 10.7 Å². The molecule has 3 aromatic heterocycles. The Hall–Kier alpha value is -2.54. The first-order valence-electron chi connectivity index (χ1n) is 7.56. The van der Waals surface area contributed by atoms with Crippen molar-refractivity contribution in [3.05, 3.63) is 35.7 Å². The van der Waals surface area contributed by atoms with Crippen LogP contribution in [0, 0.1) is 12.3 Å². The van der Waals surface area contributed by atoms with E-state index in [9.17, 15) is 4.21 Å². The van der Waals surface area contributed by atoms with Crippen LogP contribution in [0.4, 0.5) is 11.6 Å². The van der Waals surface area contributed by atoms with Crippen molar-refractivity contribution in [3.8, 4) is 23.0 Å². The molecule has 1 unspecified atom stereocenters. The Bertz CT molecular complexity index is 998. The summed E-state index contributed by atoms with van der Waals surface area (Å²) in [7, 11) is -1.52. The second-order valence-electron chi connectivity index (χ2n) is 5.62. The lowest BCUT2D eigenvalue weighted by Crippen LogP contribution is -2.00. The third kappa shape index (κ3) is 3.32. The van der Waals surface area contributed by atoms with Crippen molar-refractivity contribution in [2.75, 3.05) is 5.32 Å². The maximum absolute atomic E-state index is 11.4. The van der Waals surface area contributed by atoms with Crippen molar-refractivity contribution in [2.24, 2.45) is 5.14 Å². The third-order valence-electron chi connectivity index (χ3n) is 3.81. The second-order valence-corrected chi connectivity index (χ2v) is 8.00. The van der Waals surface area contributed by atoms with Gasteiger partial charge in [0, 0.05) is 23.9 Å². The smallest absolute Gasteiger partial charge is 0.171 e. The molecule has 1 aliphatic rings. The van der Waals surface area contributed by atoms with E-state index >= 15 is 0 Å². The monoisotopic (exact) mass is 370 g/mol. The number of hydrogen-bond donors (Lipinski definition) is 3. The highest BCUT2D eigenvalue weighted by atomic mass is 32.2. The van der Waals surface area contributed by atoms with Gasteiger partial charge in [-0.15, -0.1) is 17.8 Å². The molecule has 1 fully saturated rings. The van der Waals surface area contributed by atoms with Gasteiger partial charge < -0.3 is 5.32 Å². The molecule has 1 saturated carbocycles. The maximum Gasteiger partial charge on any atom is 0.171 e. The number of H-pyrrole nitrogens is 1. The molecule has 9 heteroatoms. The minimum Gasteiger partial charge on any atom is -0.322 e. The van der Waals surface area contributed by atoms with Gasteiger partial charge >= 0.3 is 0 Å². The fraction of sp³-hybridized carbons (Fsp3) is 0.188. The number of nitrogens with zero attached hydrogens (tertiary/aromatic N) is 3. The molecule has 0 bridgehead atoms. The lowest BCUT2D eigenvalue weighted by molar-refractivity contribution is 0.685. The number of aromatic amines is 1. The number of hydrogen-bond acceptors (Lipinski definition) is 6. The molecule has 0 saturated heterocycles. The van der Waals surface area contributed by atoms with Crippen LogP contribution >= 0.6 is 11.3 Å². The molecule has 1 aliphatic carbocycles. The molecule has 0 aliphatic heterocycles. The Labute approximate surface area is 150 Å². The number of rotatable bonds is 5. The molecule has 1 atom stereocenters. The fourth-order valence-electron chi connectivity index (χ4n) is 2.38. The normalized spacial score (nSPS) is 14.9. The van der Waals surface area contributed by atoms with Gasteiger partial charge in [0.25, 0.3) is 0 Å². The summed E-state index contributed by atoms with van der Waals surface area (Å²) < 4.78 is 11.9. The molecule has 25 heavy (non-hydrogen) atoms. The van der Waals surface area contributed by atoms with E-state index in [0.29, 0.717) is 33.2 Å². The molecule has 0 radical (unpaired) electrons. The molecule has 7 nitrogen and oxygen atoms in total. The van der Waals surface area contributed by atoms with Gasteiger partial charge in [0.15, 0.2) is 17.5 Å². The standard InChI is InChI=1S/C16H14N6OS2/c1-2-9-8-18-16(12-5-6-14(24-12)25(17)23)20-15(9)19-13-7-11(21-22-13)10-3-4-10/h1,5-8,10H,3-4,17H2,(H2,18,19,20,21,22). The highest BCUT2D eigenvalue weighted by molar-refractivity contribution is 7.85. The van der Waals surface area contributed by atoms with Gasteiger partial charge in [0.2, 0.25) is 0 Å². The number of anilines is 2. The van der Waals surface area contributed by atoms with Crippen LogP contribution in [0.15, 0.2) is 28.6 Å². The van der Waals surface area contributed by atoms with E-state index in [0.717, 1.165) is 10.6 Å². The molecule has 4 rings (SSSR count). The summed E-state index contributed by atoms with van der Waals surface area (Å²) in [6.07, 6.45) is 9.51. The van der Waals surface area contributed by atoms with Crippen molar-refractivity contribution in [3.63, 3.8) is 0 Å². The van der Waals surface area contributed by atoms with Crippen LogP contribution in [-0.4, -0.2) is 24.4 Å². The molecule has 0 spiro atoms. The summed E-state index contributed by atoms with van der Waals surface area (Å²) >= 11 is 1.29. The molecule has 0 aromatic carbocycles. The van der Waals surface area contributed by atoms with E-state index in [-0.39, 0.29) is 0 Å². The average Bonchev–Trinajstić information content (AvgIpc) is 3.15. The summed E-state index contributed by atoms with van der Waals surface area (Å²) in [5.74, 6) is 4.81. The van der Waals surface area contributed by atoms with E-state index in [2.05, 4.69) is 31.4 Å². The van der Waals surface area contributed by atoms with Gasteiger partial charge in [-0.25, -0.2) is 19.3 Å². The van der Waals surface area contributed by atoms with Gasteiger partial charge in [0.1, 0.15) is 15.2 Å². The summed E-state index contributed by atoms with van der Waals surface area (Å²) in [6, 6.07) is 5.47. The molecule has 3 aromatic rings. The zero-order valence-electron chi connectivity index (χ0n) is 13.0. The number of thiophene rings is 1. The summed E-state index contributed by atoms with van der Waals surface area (Å²) in [6.45, 7) is 0. The summed E-state index contributed by atoms with van der Waals surface area (Å²) in [4.78, 5) is 9.56. The number of aromatic nitrogens is 4. The first-order valence-corrected chi connectivity index (χ1v) is 9.59. The molecule has 0 amide bonds. The Balaban J connectivity index is 1.65. The Morgan fingerprint density at radius 1 is 1.44 bits per heavy atom. The van der Waals surface area contributed by atoms with Gasteiger partial charge in [-0.3, -0.25) is 5.10 Å². The maximum atomic E-state index is 11.4. The van der Waals surface area contributed by atoms with Gasteiger partial charge in [-0.1, -0.05) is 5.92 Å². The number of terminal acetylenes is 1. The highest BCUT2D eigenvalue weighted by Crippen LogP contribution is 2.39. The van der Waals surface area contributed by atoms with Gasteiger partial charge in [0.05, 0.1) is 10.4 Å². The second kappa shape index (κ2) is 6.40. The molecule has 3 heterocycles.